The summed E-state index contributed by atoms with van der Waals surface area (Å²) in [5, 5.41) is 9.59. The van der Waals surface area contributed by atoms with Gasteiger partial charge in [0.15, 0.2) is 0 Å². The summed E-state index contributed by atoms with van der Waals surface area (Å²) < 4.78 is 0. The molecule has 1 saturated carbocycles. The molecule has 2 heterocycles. The summed E-state index contributed by atoms with van der Waals surface area (Å²) in [6, 6.07) is 13.1. The van der Waals surface area contributed by atoms with E-state index in [2.05, 4.69) is 49.3 Å². The maximum absolute atomic E-state index is 9.59. The minimum atomic E-state index is 0.450. The number of fused-ring (bicyclic) bond motifs is 2. The van der Waals surface area contributed by atoms with Crippen LogP contribution in [0.25, 0.3) is 11.1 Å². The number of nitriles is 1. The molecule has 3 unspecified atom stereocenters. The Hall–Kier alpha value is -2.73. The van der Waals surface area contributed by atoms with Gasteiger partial charge in [-0.2, -0.15) is 5.26 Å². The SMILES string of the molecule is CCC1CC=Nc2cc(C#N)cc(-c3ccc4c(c3)N=CC(C(C)C3CCCCC3)C4)c21. The number of nitrogens with zero attached hydrogens (tertiary/aromatic N) is 3. The molecule has 5 rings (SSSR count). The quantitative estimate of drug-likeness (QED) is 0.493. The molecular weight excluding hydrogens is 390 g/mol. The lowest BCUT2D eigenvalue weighted by atomic mass is 9.73. The first kappa shape index (κ1) is 21.1. The van der Waals surface area contributed by atoms with Crippen LogP contribution in [0.2, 0.25) is 0 Å². The van der Waals surface area contributed by atoms with Gasteiger partial charge in [-0.15, -0.1) is 0 Å². The molecule has 2 aliphatic heterocycles. The summed E-state index contributed by atoms with van der Waals surface area (Å²) in [5.74, 6) is 2.55. The van der Waals surface area contributed by atoms with Crippen LogP contribution in [0.3, 0.4) is 0 Å². The van der Waals surface area contributed by atoms with E-state index in [1.54, 1.807) is 0 Å². The van der Waals surface area contributed by atoms with Gasteiger partial charge in [0.25, 0.3) is 0 Å². The van der Waals surface area contributed by atoms with Gasteiger partial charge in [-0.3, -0.25) is 9.98 Å². The Bertz CT molecular complexity index is 1100. The van der Waals surface area contributed by atoms with Gasteiger partial charge in [0.05, 0.1) is 23.0 Å². The van der Waals surface area contributed by atoms with Crippen molar-refractivity contribution in [3.8, 4) is 17.2 Å². The second-order valence-electron chi connectivity index (χ2n) is 9.97. The van der Waals surface area contributed by atoms with Crippen LogP contribution in [0.5, 0.6) is 0 Å². The number of benzene rings is 2. The third-order valence-electron chi connectivity index (χ3n) is 8.13. The lowest BCUT2D eigenvalue weighted by Gasteiger charge is -2.33. The molecule has 3 heteroatoms. The lowest BCUT2D eigenvalue weighted by molar-refractivity contribution is 0.228. The van der Waals surface area contributed by atoms with Gasteiger partial charge in [0.1, 0.15) is 0 Å². The van der Waals surface area contributed by atoms with Gasteiger partial charge in [0.2, 0.25) is 0 Å². The molecule has 0 N–H and O–H groups in total. The third-order valence-corrected chi connectivity index (χ3v) is 8.13. The van der Waals surface area contributed by atoms with Crippen molar-refractivity contribution in [3.63, 3.8) is 0 Å². The highest BCUT2D eigenvalue weighted by atomic mass is 14.8. The van der Waals surface area contributed by atoms with E-state index in [1.807, 2.05) is 18.3 Å². The predicted octanol–water partition coefficient (Wildman–Crippen LogP) is 7.92. The van der Waals surface area contributed by atoms with Gasteiger partial charge in [0, 0.05) is 18.3 Å². The first-order valence-corrected chi connectivity index (χ1v) is 12.5. The molecule has 2 aromatic rings. The van der Waals surface area contributed by atoms with E-state index >= 15 is 0 Å². The fraction of sp³-hybridized carbons (Fsp3) is 0.483. The highest BCUT2D eigenvalue weighted by molar-refractivity contribution is 5.83. The van der Waals surface area contributed by atoms with E-state index in [-0.39, 0.29) is 0 Å². The topological polar surface area (TPSA) is 48.5 Å². The Labute approximate surface area is 192 Å². The standard InChI is InChI=1S/C29H33N3/c1-3-21-11-12-31-28-14-20(17-30)13-26(29(21)28)23-9-10-24-15-25(18-32-27(24)16-23)19(2)22-7-5-4-6-8-22/h9-10,12-14,16,18-19,21-22,25H,3-8,11,15H2,1-2H3. The zero-order valence-electron chi connectivity index (χ0n) is 19.3. The van der Waals surface area contributed by atoms with Gasteiger partial charge in [-0.1, -0.05) is 58.1 Å². The molecular formula is C29H33N3. The monoisotopic (exact) mass is 423 g/mol. The van der Waals surface area contributed by atoms with Crippen LogP contribution >= 0.6 is 0 Å². The normalized spacial score (nSPS) is 23.3. The molecule has 32 heavy (non-hydrogen) atoms. The van der Waals surface area contributed by atoms with Crippen molar-refractivity contribution in [3.05, 3.63) is 47.0 Å². The highest BCUT2D eigenvalue weighted by Gasteiger charge is 2.29. The molecule has 0 radical (unpaired) electrons. The van der Waals surface area contributed by atoms with Crippen LogP contribution in [-0.2, 0) is 6.42 Å². The molecule has 164 valence electrons. The summed E-state index contributed by atoms with van der Waals surface area (Å²) >= 11 is 0. The Morgan fingerprint density at radius 3 is 2.69 bits per heavy atom. The van der Waals surface area contributed by atoms with Gasteiger partial charge in [-0.05, 0) is 77.5 Å². The van der Waals surface area contributed by atoms with Crippen molar-refractivity contribution in [1.82, 2.24) is 0 Å². The van der Waals surface area contributed by atoms with Crippen LogP contribution in [-0.4, -0.2) is 12.4 Å². The van der Waals surface area contributed by atoms with E-state index in [0.29, 0.717) is 23.3 Å². The van der Waals surface area contributed by atoms with Crippen LogP contribution < -0.4 is 0 Å². The number of rotatable bonds is 4. The fourth-order valence-electron chi connectivity index (χ4n) is 6.08. The first-order valence-electron chi connectivity index (χ1n) is 12.5. The first-order chi connectivity index (χ1) is 15.7. The maximum Gasteiger partial charge on any atom is 0.0992 e. The van der Waals surface area contributed by atoms with Gasteiger partial charge < -0.3 is 0 Å². The second-order valence-corrected chi connectivity index (χ2v) is 9.97. The molecule has 1 fully saturated rings. The summed E-state index contributed by atoms with van der Waals surface area (Å²) in [7, 11) is 0. The highest BCUT2D eigenvalue weighted by Crippen LogP contribution is 2.44. The minimum Gasteiger partial charge on any atom is -0.261 e. The lowest BCUT2D eigenvalue weighted by Crippen LogP contribution is -2.26. The molecule has 0 amide bonds. The molecule has 3 atom stereocenters. The third kappa shape index (κ3) is 3.92. The summed E-state index contributed by atoms with van der Waals surface area (Å²) in [6.07, 6.45) is 14.3. The number of hydrogen-bond acceptors (Lipinski definition) is 3. The van der Waals surface area contributed by atoms with Crippen molar-refractivity contribution in [1.29, 1.82) is 5.26 Å². The average Bonchev–Trinajstić information content (AvgIpc) is 2.87. The van der Waals surface area contributed by atoms with Gasteiger partial charge >= 0.3 is 0 Å². The summed E-state index contributed by atoms with van der Waals surface area (Å²) in [4.78, 5) is 9.59. The van der Waals surface area contributed by atoms with E-state index in [1.165, 1.54) is 43.2 Å². The average molecular weight is 424 g/mol. The fourth-order valence-corrected chi connectivity index (χ4v) is 6.08. The van der Waals surface area contributed by atoms with Crippen molar-refractivity contribution >= 4 is 23.8 Å². The number of hydrogen-bond donors (Lipinski definition) is 0. The Morgan fingerprint density at radius 1 is 1.06 bits per heavy atom. The Balaban J connectivity index is 1.47. The van der Waals surface area contributed by atoms with Crippen molar-refractivity contribution in [2.24, 2.45) is 27.7 Å². The molecule has 3 nitrogen and oxygen atoms in total. The molecule has 3 aliphatic rings. The summed E-state index contributed by atoms with van der Waals surface area (Å²) in [6.45, 7) is 4.68. The molecule has 0 saturated heterocycles. The van der Waals surface area contributed by atoms with E-state index in [9.17, 15) is 5.26 Å². The largest absolute Gasteiger partial charge is 0.261 e. The maximum atomic E-state index is 9.59. The van der Waals surface area contributed by atoms with E-state index in [4.69, 9.17) is 4.99 Å². The van der Waals surface area contributed by atoms with Crippen LogP contribution in [0, 0.1) is 29.1 Å². The minimum absolute atomic E-state index is 0.450. The predicted molar refractivity (Wildman–Crippen MR) is 133 cm³/mol. The zero-order chi connectivity index (χ0) is 22.1. The van der Waals surface area contributed by atoms with Crippen molar-refractivity contribution < 1.29 is 0 Å². The van der Waals surface area contributed by atoms with E-state index in [0.717, 1.165) is 47.7 Å². The van der Waals surface area contributed by atoms with E-state index < -0.39 is 0 Å². The van der Waals surface area contributed by atoms with Crippen LogP contribution in [0.15, 0.2) is 40.3 Å². The number of aliphatic imine (C=N–C) groups is 2. The second kappa shape index (κ2) is 9.02. The Kier molecular flexibility index (Phi) is 5.96. The molecule has 0 spiro atoms. The smallest absolute Gasteiger partial charge is 0.0992 e. The van der Waals surface area contributed by atoms with Crippen molar-refractivity contribution in [2.45, 2.75) is 71.1 Å². The van der Waals surface area contributed by atoms with Gasteiger partial charge in [-0.25, -0.2) is 0 Å². The molecule has 0 bridgehead atoms. The molecule has 2 aromatic carbocycles. The molecule has 0 aromatic heterocycles. The summed E-state index contributed by atoms with van der Waals surface area (Å²) in [5.41, 5.74) is 7.69. The molecule has 1 aliphatic carbocycles. The Morgan fingerprint density at radius 2 is 1.91 bits per heavy atom. The van der Waals surface area contributed by atoms with Crippen molar-refractivity contribution in [2.75, 3.05) is 0 Å². The van der Waals surface area contributed by atoms with Crippen LogP contribution in [0.4, 0.5) is 11.4 Å². The zero-order valence-corrected chi connectivity index (χ0v) is 19.3. The van der Waals surface area contributed by atoms with Crippen LogP contribution in [0.1, 0.15) is 81.4 Å².